The lowest BCUT2D eigenvalue weighted by atomic mass is 9.99. The molecule has 6 heteroatoms. The highest BCUT2D eigenvalue weighted by atomic mass is 16.3. The minimum atomic E-state index is -0.703. The van der Waals surface area contributed by atoms with E-state index in [9.17, 15) is 0 Å². The number of fused-ring (bicyclic) bond motifs is 9. The number of hydrogen-bond donors (Lipinski definition) is 0. The Hall–Kier alpha value is -7.05. The lowest BCUT2D eigenvalue weighted by Gasteiger charge is -2.12. The predicted octanol–water partition coefficient (Wildman–Crippen LogP) is 11.3. The highest BCUT2D eigenvalue weighted by Gasteiger charge is 2.21. The molecule has 0 N–H and O–H groups in total. The molecule has 11 rings (SSSR count). The summed E-state index contributed by atoms with van der Waals surface area (Å²) >= 11 is 0. The van der Waals surface area contributed by atoms with Crippen LogP contribution in [0.3, 0.4) is 0 Å². The summed E-state index contributed by atoms with van der Waals surface area (Å²) < 4.78 is 150. The molecule has 0 saturated carbocycles. The van der Waals surface area contributed by atoms with Crippen LogP contribution in [0, 0.1) is 0 Å². The average Bonchev–Trinajstić information content (AvgIpc) is 4.02. The van der Waals surface area contributed by atoms with Gasteiger partial charge in [-0.2, -0.15) is 15.0 Å². The largest absolute Gasteiger partial charge is 0.456 e. The number of nitrogens with zero attached hydrogens (tertiary/aromatic N) is 5. The highest BCUT2D eigenvalue weighted by molar-refractivity contribution is 6.13. The van der Waals surface area contributed by atoms with Gasteiger partial charge in [0.1, 0.15) is 11.2 Å². The van der Waals surface area contributed by atoms with E-state index in [0.29, 0.717) is 11.2 Å². The van der Waals surface area contributed by atoms with Crippen molar-refractivity contribution in [1.82, 2.24) is 24.1 Å². The summed E-state index contributed by atoms with van der Waals surface area (Å²) in [5.41, 5.74) is 1.73. The molecule has 0 bridgehead atoms. The van der Waals surface area contributed by atoms with Crippen molar-refractivity contribution in [3.05, 3.63) is 163 Å². The maximum Gasteiger partial charge on any atom is 0.240 e. The number of para-hydroxylation sites is 4. The molecule has 11 aromatic rings. The summed E-state index contributed by atoms with van der Waals surface area (Å²) in [4.78, 5) is 14.4. The van der Waals surface area contributed by atoms with Gasteiger partial charge in [0.15, 0.2) is 5.82 Å². The van der Waals surface area contributed by atoms with E-state index in [4.69, 9.17) is 41.3 Å². The summed E-state index contributed by atoms with van der Waals surface area (Å²) in [6.45, 7) is 0. The van der Waals surface area contributed by atoms with Crippen LogP contribution < -0.4 is 0 Å². The molecule has 0 aliphatic heterocycles. The molecule has 4 heterocycles. The Morgan fingerprint density at radius 2 is 0.980 bits per heavy atom. The van der Waals surface area contributed by atoms with Gasteiger partial charge in [-0.15, -0.1) is 0 Å². The van der Waals surface area contributed by atoms with Crippen LogP contribution in [0.2, 0.25) is 0 Å². The van der Waals surface area contributed by atoms with Gasteiger partial charge in [0.2, 0.25) is 11.9 Å². The Bertz CT molecular complexity index is 3740. The van der Waals surface area contributed by atoms with Gasteiger partial charge in [0, 0.05) is 37.9 Å². The lowest BCUT2D eigenvalue weighted by Crippen LogP contribution is -2.10. The first-order valence-electron chi connectivity index (χ1n) is 23.7. The molecule has 0 fully saturated rings. The van der Waals surface area contributed by atoms with Crippen molar-refractivity contribution in [2.45, 2.75) is 0 Å². The maximum absolute atomic E-state index is 9.15. The smallest absolute Gasteiger partial charge is 0.240 e. The monoisotopic (exact) mass is 669 g/mol. The van der Waals surface area contributed by atoms with Gasteiger partial charge < -0.3 is 4.42 Å². The molecule has 0 amide bonds. The Labute approximate surface area is 314 Å². The third-order valence-electron chi connectivity index (χ3n) is 8.92. The van der Waals surface area contributed by atoms with E-state index < -0.39 is 109 Å². The van der Waals surface area contributed by atoms with Gasteiger partial charge in [-0.1, -0.05) is 121 Å². The van der Waals surface area contributed by atoms with Gasteiger partial charge >= 0.3 is 0 Å². The van der Waals surface area contributed by atoms with Crippen molar-refractivity contribution in [1.29, 1.82) is 0 Å². The number of aromatic nitrogens is 5. The fourth-order valence-corrected chi connectivity index (χ4v) is 6.75. The first-order chi connectivity index (χ1) is 31.9. The van der Waals surface area contributed by atoms with Crippen LogP contribution in [0.15, 0.2) is 168 Å². The molecule has 0 atom stereocenters. The van der Waals surface area contributed by atoms with E-state index in [0.717, 1.165) is 31.0 Å². The van der Waals surface area contributed by atoms with Crippen molar-refractivity contribution in [3.8, 4) is 34.4 Å². The van der Waals surface area contributed by atoms with Gasteiger partial charge in [-0.05, 0) is 53.5 Å². The summed E-state index contributed by atoms with van der Waals surface area (Å²) in [6, 6.07) is 9.90. The molecule has 4 aromatic heterocycles. The van der Waals surface area contributed by atoms with Crippen LogP contribution in [-0.2, 0) is 0 Å². The van der Waals surface area contributed by atoms with Gasteiger partial charge in [-0.25, -0.2) is 0 Å². The molecule has 6 nitrogen and oxygen atoms in total. The molecule has 0 aliphatic rings. The summed E-state index contributed by atoms with van der Waals surface area (Å²) in [5, 5.41) is 0.457. The van der Waals surface area contributed by atoms with E-state index in [1.807, 2.05) is 48.5 Å². The Morgan fingerprint density at radius 3 is 1.53 bits per heavy atom. The molecule has 0 spiro atoms. The van der Waals surface area contributed by atoms with Gasteiger partial charge in [0.05, 0.1) is 44.0 Å². The van der Waals surface area contributed by atoms with Crippen molar-refractivity contribution in [3.63, 3.8) is 0 Å². The SMILES string of the molecule is [2H]c1c([2H])c([2H])c2c(c1[2H])c1c([2H])c([2H])c([2H])c([2H])c1n2-c1nc(-c2ccc3c(c2)oc2cccc(-c4ccccc4)c23)nc(-n2c3c([2H])c([2H])c([2H])c([2H])c3c3c([2H])c([2H])c([2H])c([2H])c32)n1. The second kappa shape index (κ2) is 10.7. The Balaban J connectivity index is 1.33. The Morgan fingerprint density at radius 1 is 0.451 bits per heavy atom. The van der Waals surface area contributed by atoms with Crippen LogP contribution in [0.4, 0.5) is 0 Å². The van der Waals surface area contributed by atoms with Gasteiger partial charge in [-0.3, -0.25) is 9.13 Å². The second-order valence-electron chi connectivity index (χ2n) is 11.7. The molecular weight excluding hydrogens is 627 g/mol. The van der Waals surface area contributed by atoms with Crippen LogP contribution >= 0.6 is 0 Å². The summed E-state index contributed by atoms with van der Waals surface area (Å²) in [6.07, 6.45) is 0. The van der Waals surface area contributed by atoms with Crippen molar-refractivity contribution < 1.29 is 26.3 Å². The first-order valence-corrected chi connectivity index (χ1v) is 15.7. The molecule has 51 heavy (non-hydrogen) atoms. The van der Waals surface area contributed by atoms with Gasteiger partial charge in [0.25, 0.3) is 0 Å². The van der Waals surface area contributed by atoms with Crippen LogP contribution in [0.5, 0.6) is 0 Å². The van der Waals surface area contributed by atoms with E-state index in [-0.39, 0.29) is 55.0 Å². The molecule has 238 valence electrons. The number of furan rings is 1. The number of rotatable bonds is 4. The fraction of sp³-hybridized carbons (Fsp3) is 0. The zero-order chi connectivity index (χ0) is 47.4. The van der Waals surface area contributed by atoms with Crippen LogP contribution in [0.25, 0.3) is 100.0 Å². The maximum atomic E-state index is 9.15. The minimum Gasteiger partial charge on any atom is -0.456 e. The predicted molar refractivity (Wildman–Crippen MR) is 207 cm³/mol. The van der Waals surface area contributed by atoms with E-state index in [1.165, 1.54) is 0 Å². The van der Waals surface area contributed by atoms with E-state index >= 15 is 0 Å². The number of benzene rings is 7. The Kier molecular flexibility index (Phi) is 3.48. The zero-order valence-corrected chi connectivity index (χ0v) is 26.0. The van der Waals surface area contributed by atoms with E-state index in [1.54, 1.807) is 18.2 Å². The standard InChI is InChI=1S/C45H27N5O/c1-2-13-28(14-3-1)30-19-12-24-40-42(30)35-26-25-29(27-41(35)51-40)43-46-44(49-36-20-8-4-15-31(36)32-16-5-9-21-37(32)49)48-45(47-43)50-38-22-10-6-17-33(38)34-18-7-11-23-39(34)50/h1-27H/i4D,5D,6D,7D,8D,9D,10D,11D,15D,16D,17D,18D,20D,21D,22D,23D. The highest BCUT2D eigenvalue weighted by Crippen LogP contribution is 2.39. The average molecular weight is 670 g/mol. The van der Waals surface area contributed by atoms with Crippen molar-refractivity contribution in [2.24, 2.45) is 0 Å². The number of hydrogen-bond acceptors (Lipinski definition) is 4. The fourth-order valence-electron chi connectivity index (χ4n) is 6.75. The zero-order valence-electron chi connectivity index (χ0n) is 42.0. The van der Waals surface area contributed by atoms with Crippen molar-refractivity contribution >= 4 is 65.6 Å². The molecule has 0 saturated heterocycles. The summed E-state index contributed by atoms with van der Waals surface area (Å²) in [5.74, 6) is -1.15. The lowest BCUT2D eigenvalue weighted by molar-refractivity contribution is 0.669. The van der Waals surface area contributed by atoms with Crippen LogP contribution in [-0.4, -0.2) is 24.1 Å². The first kappa shape index (κ1) is 16.6. The quantitative estimate of drug-likeness (QED) is 0.187. The summed E-state index contributed by atoms with van der Waals surface area (Å²) in [7, 11) is 0. The second-order valence-corrected chi connectivity index (χ2v) is 11.7. The molecule has 0 aliphatic carbocycles. The topological polar surface area (TPSA) is 61.7 Å². The van der Waals surface area contributed by atoms with Crippen LogP contribution in [0.1, 0.15) is 21.9 Å². The van der Waals surface area contributed by atoms with Crippen molar-refractivity contribution in [2.75, 3.05) is 0 Å². The minimum absolute atomic E-state index is 0.181. The molecule has 0 unspecified atom stereocenters. The molecular formula is C45H27N5O. The normalized spacial score (nSPS) is 16.3. The molecule has 7 aromatic carbocycles. The third-order valence-corrected chi connectivity index (χ3v) is 8.92. The third kappa shape index (κ3) is 4.14. The molecule has 0 radical (unpaired) electrons. The van der Waals surface area contributed by atoms with E-state index in [2.05, 4.69) is 0 Å².